The minimum atomic E-state index is 0.0345. The maximum absolute atomic E-state index is 11.5. The summed E-state index contributed by atoms with van der Waals surface area (Å²) in [7, 11) is 0. The lowest BCUT2D eigenvalue weighted by Gasteiger charge is -2.29. The van der Waals surface area contributed by atoms with Crippen LogP contribution < -0.4 is 0 Å². The van der Waals surface area contributed by atoms with Crippen LogP contribution in [-0.2, 0) is 17.8 Å². The van der Waals surface area contributed by atoms with Gasteiger partial charge in [0, 0.05) is 13.1 Å². The van der Waals surface area contributed by atoms with Gasteiger partial charge in [0.25, 0.3) is 0 Å². The number of carbonyl (C=O) groups is 1. The molecule has 1 aromatic carbocycles. The minimum Gasteiger partial charge on any atom is -0.337 e. The average Bonchev–Trinajstić information content (AvgIpc) is 2.27. The number of benzene rings is 1. The predicted molar refractivity (Wildman–Crippen MR) is 65.8 cm³/mol. The molecule has 1 aliphatic rings. The molecule has 0 spiro atoms. The third kappa shape index (κ3) is 2.07. The summed E-state index contributed by atoms with van der Waals surface area (Å²) in [5.41, 5.74) is 5.27. The van der Waals surface area contributed by atoms with Crippen LogP contribution in [0.2, 0.25) is 0 Å². The van der Waals surface area contributed by atoms with E-state index < -0.39 is 0 Å². The maximum atomic E-state index is 11.5. The fraction of sp³-hybridized carbons (Fsp3) is 0.462. The highest BCUT2D eigenvalue weighted by Gasteiger charge is 2.21. The fourth-order valence-corrected chi connectivity index (χ4v) is 2.53. The first-order chi connectivity index (χ1) is 7.61. The molecule has 1 amide bonds. The summed E-state index contributed by atoms with van der Waals surface area (Å²) < 4.78 is 0. The molecule has 0 unspecified atom stereocenters. The van der Waals surface area contributed by atoms with Gasteiger partial charge in [-0.1, -0.05) is 17.7 Å². The molecule has 1 aliphatic heterocycles. The van der Waals surface area contributed by atoms with E-state index in [-0.39, 0.29) is 11.8 Å². The first-order valence-electron chi connectivity index (χ1n) is 5.54. The third-order valence-corrected chi connectivity index (χ3v) is 3.41. The number of hydrogen-bond donors (Lipinski definition) is 0. The van der Waals surface area contributed by atoms with Gasteiger partial charge in [0.15, 0.2) is 0 Å². The summed E-state index contributed by atoms with van der Waals surface area (Å²) in [5.74, 6) is 0.118. The summed E-state index contributed by atoms with van der Waals surface area (Å²) in [6, 6.07) is 4.40. The van der Waals surface area contributed by atoms with Gasteiger partial charge in [-0.25, -0.2) is 0 Å². The molecule has 0 saturated heterocycles. The van der Waals surface area contributed by atoms with E-state index in [1.807, 2.05) is 4.90 Å². The molecule has 16 heavy (non-hydrogen) atoms. The van der Waals surface area contributed by atoms with Gasteiger partial charge in [0.1, 0.15) is 5.88 Å². The first-order valence-corrected chi connectivity index (χ1v) is 6.08. The van der Waals surface area contributed by atoms with Gasteiger partial charge in [-0.05, 0) is 37.0 Å². The standard InChI is InChI=1S/C13H16ClNO/c1-9-5-10(2)12-8-15(13(16)7-14)4-3-11(12)6-9/h5-6H,3-4,7-8H2,1-2H3. The Kier molecular flexibility index (Phi) is 3.20. The van der Waals surface area contributed by atoms with Crippen LogP contribution in [-0.4, -0.2) is 23.2 Å². The van der Waals surface area contributed by atoms with Crippen molar-refractivity contribution in [2.24, 2.45) is 0 Å². The lowest BCUT2D eigenvalue weighted by atomic mass is 9.93. The second kappa shape index (κ2) is 4.46. The van der Waals surface area contributed by atoms with Crippen molar-refractivity contribution in [3.05, 3.63) is 34.4 Å². The van der Waals surface area contributed by atoms with Crippen LogP contribution in [0.25, 0.3) is 0 Å². The van der Waals surface area contributed by atoms with E-state index in [0.29, 0.717) is 6.54 Å². The van der Waals surface area contributed by atoms with Crippen molar-refractivity contribution in [3.63, 3.8) is 0 Å². The second-order valence-electron chi connectivity index (χ2n) is 4.42. The molecular weight excluding hydrogens is 222 g/mol. The third-order valence-electron chi connectivity index (χ3n) is 3.18. The van der Waals surface area contributed by atoms with Crippen molar-refractivity contribution < 1.29 is 4.79 Å². The van der Waals surface area contributed by atoms with Gasteiger partial charge < -0.3 is 4.90 Å². The Bertz CT molecular complexity index is 428. The molecule has 2 nitrogen and oxygen atoms in total. The van der Waals surface area contributed by atoms with Gasteiger partial charge in [0.2, 0.25) is 5.91 Å². The summed E-state index contributed by atoms with van der Waals surface area (Å²) >= 11 is 5.59. The Morgan fingerprint density at radius 2 is 2.19 bits per heavy atom. The highest BCUT2D eigenvalue weighted by molar-refractivity contribution is 6.27. The molecule has 86 valence electrons. The van der Waals surface area contributed by atoms with E-state index in [1.165, 1.54) is 22.3 Å². The summed E-state index contributed by atoms with van der Waals surface area (Å²) in [4.78, 5) is 13.4. The Hall–Kier alpha value is -1.02. The number of amides is 1. The van der Waals surface area contributed by atoms with E-state index in [2.05, 4.69) is 26.0 Å². The summed E-state index contributed by atoms with van der Waals surface area (Å²) in [5, 5.41) is 0. The van der Waals surface area contributed by atoms with E-state index in [4.69, 9.17) is 11.6 Å². The van der Waals surface area contributed by atoms with Crippen molar-refractivity contribution in [2.45, 2.75) is 26.8 Å². The molecule has 0 bridgehead atoms. The van der Waals surface area contributed by atoms with Crippen molar-refractivity contribution in [3.8, 4) is 0 Å². The number of carbonyl (C=O) groups excluding carboxylic acids is 1. The van der Waals surface area contributed by atoms with Crippen molar-refractivity contribution in [1.82, 2.24) is 4.90 Å². The van der Waals surface area contributed by atoms with Crippen molar-refractivity contribution in [1.29, 1.82) is 0 Å². The SMILES string of the molecule is Cc1cc(C)c2c(c1)CCN(C(=O)CCl)C2. The number of hydrogen-bond acceptors (Lipinski definition) is 1. The van der Waals surface area contributed by atoms with Crippen LogP contribution in [0.15, 0.2) is 12.1 Å². The Morgan fingerprint density at radius 1 is 1.44 bits per heavy atom. The first kappa shape index (κ1) is 11.5. The Morgan fingerprint density at radius 3 is 2.88 bits per heavy atom. The van der Waals surface area contributed by atoms with Crippen LogP contribution in [0.5, 0.6) is 0 Å². The molecule has 1 aromatic rings. The smallest absolute Gasteiger partial charge is 0.237 e. The van der Waals surface area contributed by atoms with Gasteiger partial charge in [-0.15, -0.1) is 11.6 Å². The second-order valence-corrected chi connectivity index (χ2v) is 4.69. The molecule has 1 heterocycles. The zero-order valence-electron chi connectivity index (χ0n) is 9.72. The molecule has 0 saturated carbocycles. The Balaban J connectivity index is 2.30. The van der Waals surface area contributed by atoms with Gasteiger partial charge >= 0.3 is 0 Å². The molecule has 0 fully saturated rings. The van der Waals surface area contributed by atoms with E-state index in [1.54, 1.807) is 0 Å². The van der Waals surface area contributed by atoms with E-state index in [0.717, 1.165) is 13.0 Å². The Labute approximate surface area is 101 Å². The van der Waals surface area contributed by atoms with Gasteiger partial charge in [-0.2, -0.15) is 0 Å². The number of alkyl halides is 1. The molecule has 2 rings (SSSR count). The molecule has 0 radical (unpaired) electrons. The van der Waals surface area contributed by atoms with Crippen LogP contribution >= 0.6 is 11.6 Å². The summed E-state index contributed by atoms with van der Waals surface area (Å²) in [6.45, 7) is 5.73. The number of aryl methyl sites for hydroxylation is 2. The molecule has 0 aliphatic carbocycles. The van der Waals surface area contributed by atoms with Crippen molar-refractivity contribution >= 4 is 17.5 Å². The molecule has 0 N–H and O–H groups in total. The van der Waals surface area contributed by atoms with Gasteiger partial charge in [-0.3, -0.25) is 4.79 Å². The van der Waals surface area contributed by atoms with Gasteiger partial charge in [0.05, 0.1) is 0 Å². The monoisotopic (exact) mass is 237 g/mol. The minimum absolute atomic E-state index is 0.0345. The number of halogens is 1. The average molecular weight is 238 g/mol. The molecule has 3 heteroatoms. The largest absolute Gasteiger partial charge is 0.337 e. The molecule has 0 aromatic heterocycles. The maximum Gasteiger partial charge on any atom is 0.237 e. The zero-order valence-corrected chi connectivity index (χ0v) is 10.5. The van der Waals surface area contributed by atoms with Crippen molar-refractivity contribution in [2.75, 3.05) is 12.4 Å². The highest BCUT2D eigenvalue weighted by Crippen LogP contribution is 2.24. The highest BCUT2D eigenvalue weighted by atomic mass is 35.5. The fourth-order valence-electron chi connectivity index (χ4n) is 2.36. The van der Waals surface area contributed by atoms with Crippen LogP contribution in [0, 0.1) is 13.8 Å². The summed E-state index contributed by atoms with van der Waals surface area (Å²) in [6.07, 6.45) is 0.945. The quantitative estimate of drug-likeness (QED) is 0.687. The lowest BCUT2D eigenvalue weighted by Crippen LogP contribution is -2.37. The zero-order chi connectivity index (χ0) is 11.7. The normalized spacial score (nSPS) is 14.8. The lowest BCUT2D eigenvalue weighted by molar-refractivity contribution is -0.129. The van der Waals surface area contributed by atoms with Crippen LogP contribution in [0.3, 0.4) is 0 Å². The van der Waals surface area contributed by atoms with Crippen LogP contribution in [0.1, 0.15) is 22.3 Å². The predicted octanol–water partition coefficient (Wildman–Crippen LogP) is 2.43. The number of fused-ring (bicyclic) bond motifs is 1. The van der Waals surface area contributed by atoms with E-state index >= 15 is 0 Å². The van der Waals surface area contributed by atoms with Crippen LogP contribution in [0.4, 0.5) is 0 Å². The number of rotatable bonds is 1. The number of nitrogens with zero attached hydrogens (tertiary/aromatic N) is 1. The molecular formula is C13H16ClNO. The topological polar surface area (TPSA) is 20.3 Å². The molecule has 0 atom stereocenters. The van der Waals surface area contributed by atoms with E-state index in [9.17, 15) is 4.79 Å².